The van der Waals surface area contributed by atoms with E-state index in [2.05, 4.69) is 11.0 Å². The minimum Gasteiger partial charge on any atom is -0.256 e. The van der Waals surface area contributed by atoms with Crippen LogP contribution in [0.5, 0.6) is 0 Å². The molecular weight excluding hydrogens is 217 g/mol. The van der Waals surface area contributed by atoms with Crippen LogP contribution in [0.3, 0.4) is 0 Å². The molecule has 0 unspecified atom stereocenters. The van der Waals surface area contributed by atoms with E-state index in [4.69, 9.17) is 18.0 Å². The Kier molecular flexibility index (Phi) is 2.76. The van der Waals surface area contributed by atoms with Gasteiger partial charge in [-0.3, -0.25) is 4.68 Å². The Morgan fingerprint density at radius 1 is 1.57 bits per heavy atom. The van der Waals surface area contributed by atoms with E-state index in [9.17, 15) is 13.2 Å². The summed E-state index contributed by atoms with van der Waals surface area (Å²) in [6.07, 6.45) is 0.242. The van der Waals surface area contributed by atoms with Crippen LogP contribution in [0.15, 0.2) is 0 Å². The molecule has 0 radical (unpaired) electrons. The number of hydrogen-bond acceptors (Lipinski definition) is 1. The van der Waals surface area contributed by atoms with Gasteiger partial charge in [0, 0.05) is 19.0 Å². The van der Waals surface area contributed by atoms with Crippen molar-refractivity contribution in [2.45, 2.75) is 12.6 Å². The van der Waals surface area contributed by atoms with Crippen LogP contribution < -0.4 is 0 Å². The average molecular weight is 223 g/mol. The molecule has 1 heterocycles. The van der Waals surface area contributed by atoms with Crippen molar-refractivity contribution in [3.8, 4) is 12.3 Å². The van der Waals surface area contributed by atoms with Crippen LogP contribution in [0.2, 0.25) is 5.15 Å². The molecule has 76 valence electrons. The lowest BCUT2D eigenvalue weighted by atomic mass is 10.2. The van der Waals surface area contributed by atoms with Crippen LogP contribution >= 0.6 is 11.6 Å². The summed E-state index contributed by atoms with van der Waals surface area (Å²) < 4.78 is 38.0. The molecule has 2 nitrogen and oxygen atoms in total. The molecule has 0 N–H and O–H groups in total. The van der Waals surface area contributed by atoms with Crippen molar-refractivity contribution in [1.82, 2.24) is 9.78 Å². The van der Waals surface area contributed by atoms with Crippen LogP contribution in [-0.2, 0) is 19.6 Å². The molecule has 0 aliphatic rings. The first kappa shape index (κ1) is 10.9. The van der Waals surface area contributed by atoms with E-state index in [1.807, 2.05) is 0 Å². The highest BCUT2D eigenvalue weighted by atomic mass is 35.5. The number of halogens is 4. The molecule has 0 bridgehead atoms. The van der Waals surface area contributed by atoms with Gasteiger partial charge in [0.15, 0.2) is 5.69 Å². The minimum atomic E-state index is -4.52. The molecule has 1 aromatic rings. The first-order valence-corrected chi connectivity index (χ1v) is 3.97. The summed E-state index contributed by atoms with van der Waals surface area (Å²) in [7, 11) is 1.33. The molecule has 0 atom stereocenters. The maximum absolute atomic E-state index is 12.4. The van der Waals surface area contributed by atoms with E-state index in [0.29, 0.717) is 0 Å². The number of aryl methyl sites for hydroxylation is 1. The van der Waals surface area contributed by atoms with Gasteiger partial charge in [0.2, 0.25) is 0 Å². The topological polar surface area (TPSA) is 17.8 Å². The van der Waals surface area contributed by atoms with Crippen molar-refractivity contribution in [1.29, 1.82) is 0 Å². The van der Waals surface area contributed by atoms with Gasteiger partial charge in [-0.2, -0.15) is 18.3 Å². The molecule has 0 amide bonds. The molecule has 0 aromatic carbocycles. The van der Waals surface area contributed by atoms with Gasteiger partial charge in [-0.15, -0.1) is 12.3 Å². The number of terminal acetylenes is 1. The van der Waals surface area contributed by atoms with E-state index in [0.717, 1.165) is 4.68 Å². The molecule has 14 heavy (non-hydrogen) atoms. The average Bonchev–Trinajstić information content (AvgIpc) is 2.32. The summed E-state index contributed by atoms with van der Waals surface area (Å²) in [6.45, 7) is 0. The van der Waals surface area contributed by atoms with Crippen LogP contribution in [0.1, 0.15) is 11.3 Å². The van der Waals surface area contributed by atoms with Crippen LogP contribution in [0.4, 0.5) is 13.2 Å². The number of alkyl halides is 3. The lowest BCUT2D eigenvalue weighted by Crippen LogP contribution is -2.09. The number of aromatic nitrogens is 2. The highest BCUT2D eigenvalue weighted by Crippen LogP contribution is 2.34. The van der Waals surface area contributed by atoms with E-state index in [1.54, 1.807) is 0 Å². The normalized spacial score (nSPS) is 11.4. The van der Waals surface area contributed by atoms with Crippen LogP contribution in [-0.4, -0.2) is 9.78 Å². The molecule has 0 saturated carbocycles. The standard InChI is InChI=1S/C8H6ClF3N2/c1-3-4-5-6(8(10,11)12)13-14(2)7(5)9/h1H,4H2,2H3. The van der Waals surface area contributed by atoms with Gasteiger partial charge >= 0.3 is 6.18 Å². The summed E-state index contributed by atoms with van der Waals surface area (Å²) >= 11 is 5.60. The van der Waals surface area contributed by atoms with Gasteiger partial charge in [0.25, 0.3) is 0 Å². The van der Waals surface area contributed by atoms with Crippen LogP contribution in [0.25, 0.3) is 0 Å². The fourth-order valence-electron chi connectivity index (χ4n) is 1.03. The third-order valence-corrected chi connectivity index (χ3v) is 2.09. The van der Waals surface area contributed by atoms with Crippen molar-refractivity contribution in [3.63, 3.8) is 0 Å². The molecule has 1 rings (SSSR count). The predicted molar refractivity (Wildman–Crippen MR) is 45.8 cm³/mol. The molecule has 0 aliphatic carbocycles. The van der Waals surface area contributed by atoms with Gasteiger partial charge in [-0.05, 0) is 0 Å². The molecule has 6 heteroatoms. The number of nitrogens with zero attached hydrogens (tertiary/aromatic N) is 2. The van der Waals surface area contributed by atoms with E-state index in [1.165, 1.54) is 7.05 Å². The van der Waals surface area contributed by atoms with Gasteiger partial charge in [0.05, 0.1) is 0 Å². The fraction of sp³-hybridized carbons (Fsp3) is 0.375. The first-order chi connectivity index (χ1) is 6.38. The quantitative estimate of drug-likeness (QED) is 0.667. The van der Waals surface area contributed by atoms with E-state index < -0.39 is 11.9 Å². The highest BCUT2D eigenvalue weighted by molar-refractivity contribution is 6.30. The predicted octanol–water partition coefficient (Wildman–Crippen LogP) is 2.27. The Morgan fingerprint density at radius 2 is 2.14 bits per heavy atom. The maximum Gasteiger partial charge on any atom is 0.435 e. The molecular formula is C8H6ClF3N2. The lowest BCUT2D eigenvalue weighted by Gasteiger charge is -2.03. The smallest absolute Gasteiger partial charge is 0.256 e. The van der Waals surface area contributed by atoms with Crippen molar-refractivity contribution >= 4 is 11.6 Å². The zero-order valence-corrected chi connectivity index (χ0v) is 7.95. The van der Waals surface area contributed by atoms with Crippen molar-refractivity contribution < 1.29 is 13.2 Å². The molecule has 0 spiro atoms. The zero-order valence-electron chi connectivity index (χ0n) is 7.19. The molecule has 0 saturated heterocycles. The lowest BCUT2D eigenvalue weighted by molar-refractivity contribution is -0.142. The Morgan fingerprint density at radius 3 is 2.57 bits per heavy atom. The summed E-state index contributed by atoms with van der Waals surface area (Å²) in [4.78, 5) is 0. The van der Waals surface area contributed by atoms with Crippen molar-refractivity contribution in [2.75, 3.05) is 0 Å². The van der Waals surface area contributed by atoms with Crippen LogP contribution in [0, 0.1) is 12.3 Å². The Balaban J connectivity index is 3.31. The highest BCUT2D eigenvalue weighted by Gasteiger charge is 2.38. The Labute approximate surface area is 83.7 Å². The molecule has 0 aliphatic heterocycles. The van der Waals surface area contributed by atoms with Gasteiger partial charge < -0.3 is 0 Å². The second-order valence-corrected chi connectivity index (χ2v) is 2.98. The minimum absolute atomic E-state index is 0.0738. The second-order valence-electron chi connectivity index (χ2n) is 2.62. The van der Waals surface area contributed by atoms with E-state index >= 15 is 0 Å². The SMILES string of the molecule is C#CCc1c(C(F)(F)F)nn(C)c1Cl. The van der Waals surface area contributed by atoms with Gasteiger partial charge in [0.1, 0.15) is 5.15 Å². The first-order valence-electron chi connectivity index (χ1n) is 3.60. The number of hydrogen-bond donors (Lipinski definition) is 0. The summed E-state index contributed by atoms with van der Waals surface area (Å²) in [5, 5.41) is 3.19. The molecule has 1 aromatic heterocycles. The molecule has 0 fully saturated rings. The second kappa shape index (κ2) is 3.54. The maximum atomic E-state index is 12.4. The number of rotatable bonds is 1. The Bertz CT molecular complexity index is 387. The summed E-state index contributed by atoms with van der Waals surface area (Å²) in [5.41, 5.74) is -1.16. The van der Waals surface area contributed by atoms with Gasteiger partial charge in [-0.25, -0.2) is 0 Å². The van der Waals surface area contributed by atoms with Crippen molar-refractivity contribution in [3.05, 3.63) is 16.4 Å². The monoisotopic (exact) mass is 222 g/mol. The van der Waals surface area contributed by atoms with Gasteiger partial charge in [-0.1, -0.05) is 11.6 Å². The van der Waals surface area contributed by atoms with E-state index in [-0.39, 0.29) is 17.1 Å². The van der Waals surface area contributed by atoms with Crippen molar-refractivity contribution in [2.24, 2.45) is 7.05 Å². The fourth-order valence-corrected chi connectivity index (χ4v) is 1.23. The largest absolute Gasteiger partial charge is 0.435 e. The zero-order chi connectivity index (χ0) is 10.9. The Hall–Kier alpha value is -1.15. The summed E-state index contributed by atoms with van der Waals surface area (Å²) in [6, 6.07) is 0. The summed E-state index contributed by atoms with van der Waals surface area (Å²) in [5.74, 6) is 2.11. The third kappa shape index (κ3) is 1.85. The third-order valence-electron chi connectivity index (χ3n) is 1.62.